The first-order valence-corrected chi connectivity index (χ1v) is 7.12. The van der Waals surface area contributed by atoms with Gasteiger partial charge in [-0.15, -0.1) is 0 Å². The standard InChI is InChI=1S/C14H14F3N3S/c1-9(18)13(11-4-2-3-7-19-11)21-12-6-5-10(8-20-12)14(15,16)17/h2-9,13H,18H2,1H3. The third-order valence-corrected chi connectivity index (χ3v) is 4.18. The van der Waals surface area contributed by atoms with Crippen molar-refractivity contribution in [3.05, 3.63) is 54.0 Å². The van der Waals surface area contributed by atoms with E-state index in [2.05, 4.69) is 9.97 Å². The molecule has 3 nitrogen and oxygen atoms in total. The molecule has 0 aliphatic heterocycles. The van der Waals surface area contributed by atoms with E-state index < -0.39 is 11.7 Å². The van der Waals surface area contributed by atoms with Gasteiger partial charge in [0.25, 0.3) is 0 Å². The van der Waals surface area contributed by atoms with Crippen LogP contribution in [0, 0.1) is 0 Å². The number of hydrogen-bond acceptors (Lipinski definition) is 4. The fraction of sp³-hybridized carbons (Fsp3) is 0.286. The van der Waals surface area contributed by atoms with Crippen molar-refractivity contribution in [2.75, 3.05) is 0 Å². The van der Waals surface area contributed by atoms with Gasteiger partial charge in [0.15, 0.2) is 0 Å². The minimum atomic E-state index is -4.38. The third kappa shape index (κ3) is 4.18. The molecule has 2 heterocycles. The SMILES string of the molecule is CC(N)C(Sc1ccc(C(F)(F)F)cn1)c1ccccn1. The lowest BCUT2D eigenvalue weighted by Crippen LogP contribution is -2.23. The van der Waals surface area contributed by atoms with E-state index in [1.54, 1.807) is 12.3 Å². The van der Waals surface area contributed by atoms with Crippen molar-refractivity contribution in [2.45, 2.75) is 29.4 Å². The van der Waals surface area contributed by atoms with Crippen molar-refractivity contribution in [3.8, 4) is 0 Å². The first kappa shape index (κ1) is 15.8. The highest BCUT2D eigenvalue weighted by Gasteiger charge is 2.31. The number of nitrogens with two attached hydrogens (primary N) is 1. The minimum Gasteiger partial charge on any atom is -0.327 e. The lowest BCUT2D eigenvalue weighted by atomic mass is 10.2. The summed E-state index contributed by atoms with van der Waals surface area (Å²) in [4.78, 5) is 8.10. The van der Waals surface area contributed by atoms with Crippen LogP contribution in [-0.4, -0.2) is 16.0 Å². The zero-order chi connectivity index (χ0) is 15.5. The summed E-state index contributed by atoms with van der Waals surface area (Å²) in [6, 6.07) is 7.64. The molecule has 2 rings (SSSR count). The van der Waals surface area contributed by atoms with Gasteiger partial charge in [-0.1, -0.05) is 17.8 Å². The smallest absolute Gasteiger partial charge is 0.327 e. The van der Waals surface area contributed by atoms with E-state index in [4.69, 9.17) is 5.73 Å². The number of aromatic nitrogens is 2. The van der Waals surface area contributed by atoms with Gasteiger partial charge in [-0.25, -0.2) is 4.98 Å². The summed E-state index contributed by atoms with van der Waals surface area (Å²) in [5.74, 6) is 0. The number of pyridine rings is 2. The van der Waals surface area contributed by atoms with Crippen molar-refractivity contribution < 1.29 is 13.2 Å². The maximum absolute atomic E-state index is 12.5. The van der Waals surface area contributed by atoms with Gasteiger partial charge in [0.05, 0.1) is 21.5 Å². The topological polar surface area (TPSA) is 51.8 Å². The van der Waals surface area contributed by atoms with Crippen LogP contribution in [0.4, 0.5) is 13.2 Å². The second-order valence-corrected chi connectivity index (χ2v) is 5.70. The van der Waals surface area contributed by atoms with Gasteiger partial charge in [-0.3, -0.25) is 4.98 Å². The Hall–Kier alpha value is -1.60. The number of rotatable bonds is 4. The molecule has 2 aromatic heterocycles. The highest BCUT2D eigenvalue weighted by molar-refractivity contribution is 7.99. The van der Waals surface area contributed by atoms with E-state index in [1.165, 1.54) is 17.8 Å². The van der Waals surface area contributed by atoms with Crippen LogP contribution in [0.15, 0.2) is 47.8 Å². The van der Waals surface area contributed by atoms with Crippen LogP contribution in [0.3, 0.4) is 0 Å². The molecule has 21 heavy (non-hydrogen) atoms. The fourth-order valence-electron chi connectivity index (χ4n) is 1.73. The predicted molar refractivity (Wildman–Crippen MR) is 75.7 cm³/mol. The van der Waals surface area contributed by atoms with E-state index in [-0.39, 0.29) is 11.3 Å². The van der Waals surface area contributed by atoms with E-state index in [1.807, 2.05) is 19.1 Å². The highest BCUT2D eigenvalue weighted by Crippen LogP contribution is 2.36. The maximum Gasteiger partial charge on any atom is 0.417 e. The maximum atomic E-state index is 12.5. The van der Waals surface area contributed by atoms with E-state index in [9.17, 15) is 13.2 Å². The number of alkyl halides is 3. The molecule has 0 aliphatic carbocycles. The molecule has 0 spiro atoms. The minimum absolute atomic E-state index is 0.171. The van der Waals surface area contributed by atoms with Gasteiger partial charge >= 0.3 is 6.18 Å². The lowest BCUT2D eigenvalue weighted by molar-refractivity contribution is -0.137. The predicted octanol–water partition coefficient (Wildman–Crippen LogP) is 3.68. The van der Waals surface area contributed by atoms with Gasteiger partial charge in [0.2, 0.25) is 0 Å². The van der Waals surface area contributed by atoms with Gasteiger partial charge in [-0.2, -0.15) is 13.2 Å². The second kappa shape index (κ2) is 6.44. The molecule has 0 saturated carbocycles. The number of hydrogen-bond donors (Lipinski definition) is 1. The normalized spacial score (nSPS) is 14.7. The molecule has 0 fully saturated rings. The zero-order valence-corrected chi connectivity index (χ0v) is 12.0. The first-order chi connectivity index (χ1) is 9.88. The summed E-state index contributed by atoms with van der Waals surface area (Å²) in [6.07, 6.45) is -1.89. The molecule has 7 heteroatoms. The Balaban J connectivity index is 2.18. The molecule has 112 valence electrons. The molecule has 0 amide bonds. The average molecular weight is 313 g/mol. The number of halogens is 3. The number of thioether (sulfide) groups is 1. The van der Waals surface area contributed by atoms with Crippen LogP contribution < -0.4 is 5.73 Å². The molecule has 0 radical (unpaired) electrons. The molecule has 0 saturated heterocycles. The molecular weight excluding hydrogens is 299 g/mol. The summed E-state index contributed by atoms with van der Waals surface area (Å²) < 4.78 is 37.5. The number of nitrogens with zero attached hydrogens (tertiary/aromatic N) is 2. The summed E-state index contributed by atoms with van der Waals surface area (Å²) in [5.41, 5.74) is 5.96. The molecular formula is C14H14F3N3S. The Kier molecular flexibility index (Phi) is 4.84. The Morgan fingerprint density at radius 3 is 2.38 bits per heavy atom. The van der Waals surface area contributed by atoms with Gasteiger partial charge in [0, 0.05) is 18.4 Å². The fourth-order valence-corrected chi connectivity index (χ4v) is 2.72. The average Bonchev–Trinajstić information content (AvgIpc) is 2.45. The van der Waals surface area contributed by atoms with Crippen LogP contribution in [-0.2, 0) is 6.18 Å². The summed E-state index contributed by atoms with van der Waals surface area (Å²) in [7, 11) is 0. The highest BCUT2D eigenvalue weighted by atomic mass is 32.2. The lowest BCUT2D eigenvalue weighted by Gasteiger charge is -2.19. The van der Waals surface area contributed by atoms with Crippen molar-refractivity contribution in [3.63, 3.8) is 0 Å². The molecule has 0 bridgehead atoms. The Morgan fingerprint density at radius 1 is 1.14 bits per heavy atom. The summed E-state index contributed by atoms with van der Waals surface area (Å²) >= 11 is 1.30. The summed E-state index contributed by atoms with van der Waals surface area (Å²) in [6.45, 7) is 1.83. The van der Waals surface area contributed by atoms with Crippen molar-refractivity contribution in [2.24, 2.45) is 5.73 Å². The van der Waals surface area contributed by atoms with E-state index in [0.29, 0.717) is 5.03 Å². The summed E-state index contributed by atoms with van der Waals surface area (Å²) in [5, 5.41) is 0.311. The first-order valence-electron chi connectivity index (χ1n) is 6.24. The molecule has 2 unspecified atom stereocenters. The monoisotopic (exact) mass is 313 g/mol. The van der Waals surface area contributed by atoms with E-state index >= 15 is 0 Å². The second-order valence-electron chi connectivity index (χ2n) is 4.54. The van der Waals surface area contributed by atoms with Crippen LogP contribution in [0.1, 0.15) is 23.4 Å². The Labute approximate surface area is 124 Å². The Bertz CT molecular complexity index is 570. The van der Waals surface area contributed by atoms with Gasteiger partial charge in [0.1, 0.15) is 0 Å². The molecule has 2 N–H and O–H groups in total. The van der Waals surface area contributed by atoms with Gasteiger partial charge in [-0.05, 0) is 31.2 Å². The van der Waals surface area contributed by atoms with Crippen LogP contribution in [0.25, 0.3) is 0 Å². The van der Waals surface area contributed by atoms with Crippen molar-refractivity contribution >= 4 is 11.8 Å². The third-order valence-electron chi connectivity index (χ3n) is 2.77. The van der Waals surface area contributed by atoms with Crippen molar-refractivity contribution in [1.82, 2.24) is 9.97 Å². The van der Waals surface area contributed by atoms with Crippen molar-refractivity contribution in [1.29, 1.82) is 0 Å². The molecule has 0 aliphatic rings. The van der Waals surface area contributed by atoms with Gasteiger partial charge < -0.3 is 5.73 Å². The molecule has 2 atom stereocenters. The largest absolute Gasteiger partial charge is 0.417 e. The van der Waals surface area contributed by atoms with Crippen LogP contribution >= 0.6 is 11.8 Å². The van der Waals surface area contributed by atoms with Crippen LogP contribution in [0.2, 0.25) is 0 Å². The quantitative estimate of drug-likeness (QED) is 0.875. The molecule has 0 aromatic carbocycles. The van der Waals surface area contributed by atoms with E-state index in [0.717, 1.165) is 18.0 Å². The Morgan fingerprint density at radius 2 is 1.90 bits per heavy atom. The zero-order valence-electron chi connectivity index (χ0n) is 11.2. The van der Waals surface area contributed by atoms with Crippen LogP contribution in [0.5, 0.6) is 0 Å². The molecule has 2 aromatic rings.